The zero-order valence-corrected chi connectivity index (χ0v) is 16.2. The first-order valence-electron chi connectivity index (χ1n) is 8.13. The monoisotopic (exact) mass is 390 g/mol. The van der Waals surface area contributed by atoms with Crippen LogP contribution in [0.3, 0.4) is 0 Å². The Labute approximate surface area is 161 Å². The third-order valence-electron chi connectivity index (χ3n) is 3.85. The molecule has 0 aliphatic heterocycles. The van der Waals surface area contributed by atoms with Crippen molar-refractivity contribution in [3.8, 4) is 11.1 Å². The highest BCUT2D eigenvalue weighted by atomic mass is 35.5. The van der Waals surface area contributed by atoms with Crippen molar-refractivity contribution in [1.29, 1.82) is 0 Å². The summed E-state index contributed by atoms with van der Waals surface area (Å²) in [6.45, 7) is 0.208. The Morgan fingerprint density at radius 2 is 2.12 bits per heavy atom. The maximum atomic E-state index is 14.1. The fraction of sp³-hybridized carbons (Fsp3) is 0.211. The molecule has 4 nitrogen and oxygen atoms in total. The van der Waals surface area contributed by atoms with Crippen LogP contribution in [-0.4, -0.2) is 34.5 Å². The number of para-hydroxylation sites is 1. The average molecular weight is 391 g/mol. The van der Waals surface area contributed by atoms with Crippen molar-refractivity contribution in [3.05, 3.63) is 59.8 Å². The summed E-state index contributed by atoms with van der Waals surface area (Å²) in [4.78, 5) is 5.35. The Balaban J connectivity index is 2.15. The molecule has 3 rings (SSSR count). The predicted molar refractivity (Wildman–Crippen MR) is 108 cm³/mol. The van der Waals surface area contributed by atoms with E-state index in [4.69, 9.17) is 17.3 Å². The van der Waals surface area contributed by atoms with Crippen LogP contribution < -0.4 is 5.73 Å². The van der Waals surface area contributed by atoms with E-state index in [1.54, 1.807) is 22.7 Å². The molecule has 0 amide bonds. The van der Waals surface area contributed by atoms with Gasteiger partial charge in [0.15, 0.2) is 0 Å². The number of nitrogens with two attached hydrogens (primary N) is 1. The molecule has 0 unspecified atom stereocenters. The number of allylic oxidation sites excluding steroid dienone is 1. The highest BCUT2D eigenvalue weighted by Gasteiger charge is 2.18. The molecule has 0 atom stereocenters. The van der Waals surface area contributed by atoms with Crippen LogP contribution in [0.4, 0.5) is 4.39 Å². The fourth-order valence-corrected chi connectivity index (χ4v) is 3.93. The van der Waals surface area contributed by atoms with Gasteiger partial charge in [-0.2, -0.15) is 0 Å². The number of nitrogens with zero attached hydrogens (tertiary/aromatic N) is 3. The van der Waals surface area contributed by atoms with E-state index in [-0.39, 0.29) is 18.9 Å². The summed E-state index contributed by atoms with van der Waals surface area (Å²) in [6.07, 6.45) is 4.95. The molecule has 0 bridgehead atoms. The van der Waals surface area contributed by atoms with Crippen LogP contribution in [0, 0.1) is 0 Å². The Morgan fingerprint density at radius 1 is 1.35 bits per heavy atom. The lowest BCUT2D eigenvalue weighted by Crippen LogP contribution is -2.01. The van der Waals surface area contributed by atoms with Crippen LogP contribution in [0.15, 0.2) is 59.5 Å². The molecule has 2 aromatic heterocycles. The minimum absolute atomic E-state index is 0.0517. The highest BCUT2D eigenvalue weighted by molar-refractivity contribution is 7.97. The third kappa shape index (κ3) is 3.94. The van der Waals surface area contributed by atoms with Gasteiger partial charge in [-0.15, -0.1) is 0 Å². The van der Waals surface area contributed by atoms with Gasteiger partial charge < -0.3 is 10.3 Å². The molecule has 0 spiro atoms. The molecule has 0 fully saturated rings. The molecule has 26 heavy (non-hydrogen) atoms. The van der Waals surface area contributed by atoms with E-state index in [1.165, 1.54) is 6.08 Å². The van der Waals surface area contributed by atoms with Gasteiger partial charge in [0.05, 0.1) is 12.1 Å². The Bertz CT molecular complexity index is 952. The second-order valence-corrected chi connectivity index (χ2v) is 7.71. The zero-order valence-electron chi connectivity index (χ0n) is 14.6. The van der Waals surface area contributed by atoms with Crippen molar-refractivity contribution < 1.29 is 4.39 Å². The van der Waals surface area contributed by atoms with Gasteiger partial charge in [0.25, 0.3) is 0 Å². The molecule has 7 heteroatoms. The number of rotatable bonds is 6. The molecule has 2 N–H and O–H groups in total. The van der Waals surface area contributed by atoms with Crippen LogP contribution >= 0.6 is 23.5 Å². The third-order valence-corrected chi connectivity index (χ3v) is 5.04. The molecule has 0 saturated heterocycles. The van der Waals surface area contributed by atoms with E-state index >= 15 is 0 Å². The molecule has 0 aliphatic carbocycles. The van der Waals surface area contributed by atoms with Crippen LogP contribution in [0.25, 0.3) is 22.0 Å². The van der Waals surface area contributed by atoms with Gasteiger partial charge >= 0.3 is 0 Å². The van der Waals surface area contributed by atoms with Crippen molar-refractivity contribution in [2.75, 3.05) is 20.6 Å². The number of benzene rings is 1. The van der Waals surface area contributed by atoms with Crippen LogP contribution in [0.2, 0.25) is 5.15 Å². The highest BCUT2D eigenvalue weighted by Crippen LogP contribution is 2.39. The Morgan fingerprint density at radius 3 is 2.85 bits per heavy atom. The number of pyridine rings is 1. The summed E-state index contributed by atoms with van der Waals surface area (Å²) in [5.74, 6) is -0.309. The lowest BCUT2D eigenvalue weighted by molar-refractivity contribution is 0.560. The van der Waals surface area contributed by atoms with Crippen molar-refractivity contribution in [3.63, 3.8) is 0 Å². The van der Waals surface area contributed by atoms with Crippen molar-refractivity contribution >= 4 is 34.5 Å². The molecule has 0 radical (unpaired) electrons. The van der Waals surface area contributed by atoms with E-state index in [2.05, 4.69) is 4.98 Å². The van der Waals surface area contributed by atoms with Crippen molar-refractivity contribution in [2.45, 2.75) is 11.4 Å². The summed E-state index contributed by atoms with van der Waals surface area (Å²) in [5, 5.41) is 1.45. The normalized spacial score (nSPS) is 12.3. The van der Waals surface area contributed by atoms with E-state index < -0.39 is 0 Å². The van der Waals surface area contributed by atoms with Gasteiger partial charge in [-0.1, -0.05) is 29.8 Å². The van der Waals surface area contributed by atoms with E-state index in [9.17, 15) is 4.39 Å². The molecule has 3 aromatic rings. The average Bonchev–Trinajstić information content (AvgIpc) is 2.87. The number of hydrogen-bond donors (Lipinski definition) is 1. The minimum Gasteiger partial charge on any atom is -0.327 e. The van der Waals surface area contributed by atoms with Crippen LogP contribution in [0.5, 0.6) is 0 Å². The molecule has 0 aliphatic rings. The maximum Gasteiger partial charge on any atom is 0.118 e. The molecule has 136 valence electrons. The number of halogens is 2. The zero-order chi connectivity index (χ0) is 18.7. The molecule has 2 heterocycles. The predicted octanol–water partition coefficient (Wildman–Crippen LogP) is 4.74. The summed E-state index contributed by atoms with van der Waals surface area (Å²) in [7, 11) is 3.95. The SMILES string of the molecule is CN(C)Sc1cncc(-c2c(Cl)n(C/C(F)=C/CN)c3ccccc23)c1. The summed E-state index contributed by atoms with van der Waals surface area (Å²) in [6, 6.07) is 9.84. The first-order valence-corrected chi connectivity index (χ1v) is 9.28. The second kappa shape index (κ2) is 8.22. The first-order chi connectivity index (χ1) is 12.5. The molecular weight excluding hydrogens is 371 g/mol. The summed E-state index contributed by atoms with van der Waals surface area (Å²) in [5.41, 5.74) is 8.05. The van der Waals surface area contributed by atoms with Gasteiger partial charge in [-0.05, 0) is 44.3 Å². The van der Waals surface area contributed by atoms with Crippen molar-refractivity contribution in [2.24, 2.45) is 5.73 Å². The fourth-order valence-electron chi connectivity index (χ4n) is 2.86. The van der Waals surface area contributed by atoms with Gasteiger partial charge in [-0.3, -0.25) is 9.29 Å². The summed E-state index contributed by atoms with van der Waals surface area (Å²) >= 11 is 8.26. The second-order valence-electron chi connectivity index (χ2n) is 5.97. The summed E-state index contributed by atoms with van der Waals surface area (Å²) < 4.78 is 17.9. The van der Waals surface area contributed by atoms with E-state index in [0.29, 0.717) is 5.15 Å². The number of hydrogen-bond acceptors (Lipinski definition) is 4. The standard InChI is InChI=1S/C19H20ClFN4S/c1-24(2)26-15-9-13(10-23-11-15)18-16-5-3-4-6-17(16)25(19(18)20)12-14(21)7-8-22/h3-7,9-11H,8,12,22H2,1-2H3/b14-7-. The first kappa shape index (κ1) is 18.9. The number of fused-ring (bicyclic) bond motifs is 1. The van der Waals surface area contributed by atoms with Gasteiger partial charge in [0, 0.05) is 40.3 Å². The largest absolute Gasteiger partial charge is 0.327 e. The Kier molecular flexibility index (Phi) is 5.98. The quantitative estimate of drug-likeness (QED) is 0.617. The molecule has 1 aromatic carbocycles. The molecule has 0 saturated carbocycles. The van der Waals surface area contributed by atoms with Crippen LogP contribution in [0.1, 0.15) is 0 Å². The van der Waals surface area contributed by atoms with Crippen molar-refractivity contribution in [1.82, 2.24) is 13.9 Å². The van der Waals surface area contributed by atoms with Gasteiger partial charge in [0.2, 0.25) is 0 Å². The lowest BCUT2D eigenvalue weighted by Gasteiger charge is -2.09. The van der Waals surface area contributed by atoms with Crippen LogP contribution in [-0.2, 0) is 6.54 Å². The van der Waals surface area contributed by atoms with E-state index in [0.717, 1.165) is 26.9 Å². The van der Waals surface area contributed by atoms with Gasteiger partial charge in [0.1, 0.15) is 11.0 Å². The smallest absolute Gasteiger partial charge is 0.118 e. The molecular formula is C19H20ClFN4S. The Hall–Kier alpha value is -1.86. The number of aromatic nitrogens is 2. The topological polar surface area (TPSA) is 47.1 Å². The van der Waals surface area contributed by atoms with E-state index in [1.807, 2.05) is 54.9 Å². The minimum atomic E-state index is -0.309. The lowest BCUT2D eigenvalue weighted by atomic mass is 10.1. The maximum absolute atomic E-state index is 14.1. The van der Waals surface area contributed by atoms with Gasteiger partial charge in [-0.25, -0.2) is 4.39 Å².